The number of hydrogen-bond donors (Lipinski definition) is 1. The third kappa shape index (κ3) is 2.70. The summed E-state index contributed by atoms with van der Waals surface area (Å²) in [5.74, 6) is 0. The third-order valence-corrected chi connectivity index (χ3v) is 3.76. The second kappa shape index (κ2) is 5.08. The fourth-order valence-corrected chi connectivity index (χ4v) is 2.90. The SMILES string of the molecule is CC(N)Cc1nc(-c2ccccc2Br)cs1. The Labute approximate surface area is 108 Å². The fourth-order valence-electron chi connectivity index (χ4n) is 1.47. The van der Waals surface area contributed by atoms with E-state index in [9.17, 15) is 0 Å². The van der Waals surface area contributed by atoms with E-state index in [1.54, 1.807) is 11.3 Å². The van der Waals surface area contributed by atoms with Crippen molar-refractivity contribution in [2.45, 2.75) is 19.4 Å². The molecule has 0 fully saturated rings. The minimum absolute atomic E-state index is 0.165. The zero-order chi connectivity index (χ0) is 11.5. The van der Waals surface area contributed by atoms with Gasteiger partial charge in [-0.25, -0.2) is 4.98 Å². The van der Waals surface area contributed by atoms with E-state index >= 15 is 0 Å². The van der Waals surface area contributed by atoms with Gasteiger partial charge in [-0.2, -0.15) is 0 Å². The monoisotopic (exact) mass is 296 g/mol. The van der Waals surface area contributed by atoms with Crippen LogP contribution in [0, 0.1) is 0 Å². The molecule has 1 aromatic carbocycles. The summed E-state index contributed by atoms with van der Waals surface area (Å²) in [5, 5.41) is 3.18. The Balaban J connectivity index is 2.28. The molecule has 1 unspecified atom stereocenters. The number of rotatable bonds is 3. The number of nitrogens with two attached hydrogens (primary N) is 1. The number of hydrogen-bond acceptors (Lipinski definition) is 3. The summed E-state index contributed by atoms with van der Waals surface area (Å²) >= 11 is 5.20. The van der Waals surface area contributed by atoms with E-state index in [0.717, 1.165) is 27.2 Å². The highest BCUT2D eigenvalue weighted by Gasteiger charge is 2.08. The second-order valence-electron chi connectivity index (χ2n) is 3.79. The van der Waals surface area contributed by atoms with E-state index in [-0.39, 0.29) is 6.04 Å². The molecule has 84 valence electrons. The van der Waals surface area contributed by atoms with Crippen LogP contribution in [0.2, 0.25) is 0 Å². The highest BCUT2D eigenvalue weighted by Crippen LogP contribution is 2.29. The number of nitrogens with zero attached hydrogens (tertiary/aromatic N) is 1. The van der Waals surface area contributed by atoms with Gasteiger partial charge in [0.25, 0.3) is 0 Å². The summed E-state index contributed by atoms with van der Waals surface area (Å²) in [7, 11) is 0. The van der Waals surface area contributed by atoms with E-state index in [0.29, 0.717) is 0 Å². The molecule has 2 N–H and O–H groups in total. The van der Waals surface area contributed by atoms with Crippen molar-refractivity contribution in [1.82, 2.24) is 4.98 Å². The van der Waals surface area contributed by atoms with Crippen molar-refractivity contribution in [2.75, 3.05) is 0 Å². The largest absolute Gasteiger partial charge is 0.328 e. The lowest BCUT2D eigenvalue weighted by Gasteiger charge is -2.01. The predicted octanol–water partition coefficient (Wildman–Crippen LogP) is 3.46. The minimum atomic E-state index is 0.165. The van der Waals surface area contributed by atoms with Gasteiger partial charge in [0, 0.05) is 27.9 Å². The first-order valence-corrected chi connectivity index (χ1v) is 6.79. The Morgan fingerprint density at radius 1 is 1.44 bits per heavy atom. The Hall–Kier alpha value is -0.710. The first kappa shape index (κ1) is 11.8. The molecule has 0 spiro atoms. The van der Waals surface area contributed by atoms with Crippen molar-refractivity contribution in [2.24, 2.45) is 5.73 Å². The highest BCUT2D eigenvalue weighted by molar-refractivity contribution is 9.10. The summed E-state index contributed by atoms with van der Waals surface area (Å²) in [6.07, 6.45) is 0.842. The smallest absolute Gasteiger partial charge is 0.0947 e. The molecular weight excluding hydrogens is 284 g/mol. The molecule has 4 heteroatoms. The van der Waals surface area contributed by atoms with E-state index in [1.807, 2.05) is 25.1 Å². The van der Waals surface area contributed by atoms with Gasteiger partial charge in [-0.3, -0.25) is 0 Å². The molecule has 0 aliphatic rings. The second-order valence-corrected chi connectivity index (χ2v) is 5.58. The molecule has 0 bridgehead atoms. The summed E-state index contributed by atoms with van der Waals surface area (Å²) in [6.45, 7) is 2.00. The van der Waals surface area contributed by atoms with Crippen LogP contribution in [0.15, 0.2) is 34.1 Å². The van der Waals surface area contributed by atoms with Crippen LogP contribution in [-0.4, -0.2) is 11.0 Å². The summed E-state index contributed by atoms with van der Waals surface area (Å²) in [6, 6.07) is 8.28. The van der Waals surface area contributed by atoms with Gasteiger partial charge in [0.05, 0.1) is 10.7 Å². The molecule has 0 aliphatic heterocycles. The summed E-state index contributed by atoms with van der Waals surface area (Å²) in [5.41, 5.74) is 7.92. The Morgan fingerprint density at radius 3 is 2.88 bits per heavy atom. The van der Waals surface area contributed by atoms with Gasteiger partial charge in [0.2, 0.25) is 0 Å². The Bertz CT molecular complexity index is 479. The van der Waals surface area contributed by atoms with Crippen LogP contribution < -0.4 is 5.73 Å². The quantitative estimate of drug-likeness (QED) is 0.942. The lowest BCUT2D eigenvalue weighted by atomic mass is 10.2. The van der Waals surface area contributed by atoms with Gasteiger partial charge in [-0.1, -0.05) is 34.1 Å². The summed E-state index contributed by atoms with van der Waals surface area (Å²) in [4.78, 5) is 4.59. The average molecular weight is 297 g/mol. The molecule has 1 atom stereocenters. The molecule has 2 rings (SSSR count). The van der Waals surface area contributed by atoms with Crippen LogP contribution >= 0.6 is 27.3 Å². The van der Waals surface area contributed by atoms with Gasteiger partial charge in [-0.15, -0.1) is 11.3 Å². The maximum atomic E-state index is 5.76. The average Bonchev–Trinajstić information content (AvgIpc) is 2.66. The first-order chi connectivity index (χ1) is 7.66. The maximum Gasteiger partial charge on any atom is 0.0947 e. The van der Waals surface area contributed by atoms with Gasteiger partial charge in [-0.05, 0) is 13.0 Å². The fraction of sp³-hybridized carbons (Fsp3) is 0.250. The molecular formula is C12H13BrN2S. The van der Waals surface area contributed by atoms with Gasteiger partial charge >= 0.3 is 0 Å². The van der Waals surface area contributed by atoms with Crippen molar-refractivity contribution < 1.29 is 0 Å². The van der Waals surface area contributed by atoms with E-state index in [2.05, 4.69) is 32.4 Å². The van der Waals surface area contributed by atoms with Crippen LogP contribution in [-0.2, 0) is 6.42 Å². The minimum Gasteiger partial charge on any atom is -0.328 e. The number of thiazole rings is 1. The molecule has 0 amide bonds. The van der Waals surface area contributed by atoms with Crippen molar-refractivity contribution >= 4 is 27.3 Å². The number of benzene rings is 1. The molecule has 0 radical (unpaired) electrons. The first-order valence-electron chi connectivity index (χ1n) is 5.11. The lowest BCUT2D eigenvalue weighted by Crippen LogP contribution is -2.17. The molecule has 0 saturated carbocycles. The highest BCUT2D eigenvalue weighted by atomic mass is 79.9. The van der Waals surface area contributed by atoms with E-state index in [1.165, 1.54) is 0 Å². The normalized spacial score (nSPS) is 12.7. The molecule has 0 saturated heterocycles. The lowest BCUT2D eigenvalue weighted by molar-refractivity contribution is 0.734. The van der Waals surface area contributed by atoms with Gasteiger partial charge < -0.3 is 5.73 Å². The molecule has 16 heavy (non-hydrogen) atoms. The zero-order valence-corrected chi connectivity index (χ0v) is 11.4. The molecule has 1 heterocycles. The molecule has 2 aromatic rings. The van der Waals surface area contributed by atoms with Crippen molar-refractivity contribution in [3.63, 3.8) is 0 Å². The zero-order valence-electron chi connectivity index (χ0n) is 8.98. The Kier molecular flexibility index (Phi) is 3.74. The van der Waals surface area contributed by atoms with Crippen LogP contribution in [0.5, 0.6) is 0 Å². The van der Waals surface area contributed by atoms with Crippen LogP contribution in [0.3, 0.4) is 0 Å². The maximum absolute atomic E-state index is 5.76. The van der Waals surface area contributed by atoms with Gasteiger partial charge in [0.15, 0.2) is 0 Å². The molecule has 1 aromatic heterocycles. The standard InChI is InChI=1S/C12H13BrN2S/c1-8(14)6-12-15-11(7-16-12)9-4-2-3-5-10(9)13/h2-5,7-8H,6,14H2,1H3. The topological polar surface area (TPSA) is 38.9 Å². The number of halogens is 1. The van der Waals surface area contributed by atoms with Crippen molar-refractivity contribution in [3.8, 4) is 11.3 Å². The van der Waals surface area contributed by atoms with Crippen LogP contribution in [0.25, 0.3) is 11.3 Å². The number of aromatic nitrogens is 1. The van der Waals surface area contributed by atoms with Crippen LogP contribution in [0.1, 0.15) is 11.9 Å². The molecule has 0 aliphatic carbocycles. The predicted molar refractivity (Wildman–Crippen MR) is 72.6 cm³/mol. The summed E-state index contributed by atoms with van der Waals surface area (Å²) < 4.78 is 1.08. The van der Waals surface area contributed by atoms with Crippen LogP contribution in [0.4, 0.5) is 0 Å². The van der Waals surface area contributed by atoms with Crippen molar-refractivity contribution in [3.05, 3.63) is 39.1 Å². The molecule has 2 nitrogen and oxygen atoms in total. The Morgan fingerprint density at radius 2 is 2.19 bits per heavy atom. The van der Waals surface area contributed by atoms with Crippen molar-refractivity contribution in [1.29, 1.82) is 0 Å². The third-order valence-electron chi connectivity index (χ3n) is 2.20. The van der Waals surface area contributed by atoms with E-state index in [4.69, 9.17) is 5.73 Å². The van der Waals surface area contributed by atoms with Gasteiger partial charge in [0.1, 0.15) is 0 Å². The van der Waals surface area contributed by atoms with E-state index < -0.39 is 0 Å².